The number of aryl methyl sites for hydroxylation is 1. The van der Waals surface area contributed by atoms with Crippen LogP contribution in [-0.2, 0) is 24.3 Å². The molecular formula is C24H21N3O2S. The first kappa shape index (κ1) is 18.8. The third-order valence-corrected chi connectivity index (χ3v) is 6.72. The number of fused-ring (bicyclic) bond motifs is 2. The molecule has 1 aliphatic heterocycles. The summed E-state index contributed by atoms with van der Waals surface area (Å²) < 4.78 is 1.45. The van der Waals surface area contributed by atoms with Gasteiger partial charge >= 0.3 is 0 Å². The zero-order valence-electron chi connectivity index (χ0n) is 16.7. The van der Waals surface area contributed by atoms with Crippen molar-refractivity contribution in [3.05, 3.63) is 87.3 Å². The maximum atomic E-state index is 13.3. The Balaban J connectivity index is 1.48. The van der Waals surface area contributed by atoms with Gasteiger partial charge < -0.3 is 4.90 Å². The standard InChI is InChI=1S/C24H21N3O2S/c1-16-21(18-8-3-2-4-9-18)22-23(30-16)25-15-27(24(22)29)14-20(28)26-12-11-17-7-5-6-10-19(17)13-26/h2-10,15H,11-14H2,1H3. The molecule has 4 aromatic rings. The maximum absolute atomic E-state index is 13.3. The number of thiophene rings is 1. The number of hydrogen-bond donors (Lipinski definition) is 0. The van der Waals surface area contributed by atoms with Gasteiger partial charge in [-0.1, -0.05) is 54.6 Å². The first-order valence-electron chi connectivity index (χ1n) is 10.0. The van der Waals surface area contributed by atoms with Crippen LogP contribution in [0.5, 0.6) is 0 Å². The van der Waals surface area contributed by atoms with Gasteiger partial charge in [-0.2, -0.15) is 0 Å². The number of benzene rings is 2. The zero-order valence-corrected chi connectivity index (χ0v) is 17.5. The molecule has 30 heavy (non-hydrogen) atoms. The largest absolute Gasteiger partial charge is 0.336 e. The molecule has 0 radical (unpaired) electrons. The van der Waals surface area contributed by atoms with E-state index in [2.05, 4.69) is 17.1 Å². The lowest BCUT2D eigenvalue weighted by Gasteiger charge is -2.29. The molecule has 0 saturated heterocycles. The summed E-state index contributed by atoms with van der Waals surface area (Å²) in [5.74, 6) is -0.0547. The molecule has 0 aliphatic carbocycles. The van der Waals surface area contributed by atoms with Crippen LogP contribution in [0.1, 0.15) is 16.0 Å². The van der Waals surface area contributed by atoms with Crippen molar-refractivity contribution in [2.24, 2.45) is 0 Å². The van der Waals surface area contributed by atoms with E-state index in [1.807, 2.05) is 54.3 Å². The molecule has 5 rings (SSSR count). The van der Waals surface area contributed by atoms with Crippen molar-refractivity contribution >= 4 is 27.5 Å². The lowest BCUT2D eigenvalue weighted by Crippen LogP contribution is -2.39. The highest BCUT2D eigenvalue weighted by atomic mass is 32.1. The van der Waals surface area contributed by atoms with E-state index in [0.717, 1.165) is 22.4 Å². The Labute approximate surface area is 178 Å². The molecule has 0 spiro atoms. The predicted octanol–water partition coefficient (Wildman–Crippen LogP) is 4.02. The molecule has 0 atom stereocenters. The summed E-state index contributed by atoms with van der Waals surface area (Å²) in [7, 11) is 0. The van der Waals surface area contributed by atoms with Crippen molar-refractivity contribution < 1.29 is 4.79 Å². The minimum atomic E-state index is -0.158. The molecular weight excluding hydrogens is 394 g/mol. The van der Waals surface area contributed by atoms with E-state index < -0.39 is 0 Å². The summed E-state index contributed by atoms with van der Waals surface area (Å²) >= 11 is 1.52. The van der Waals surface area contributed by atoms with Gasteiger partial charge in [-0.25, -0.2) is 4.98 Å². The summed E-state index contributed by atoms with van der Waals surface area (Å²) in [5.41, 5.74) is 4.23. The van der Waals surface area contributed by atoms with Gasteiger partial charge in [0.05, 0.1) is 11.7 Å². The Morgan fingerprint density at radius 2 is 1.80 bits per heavy atom. The molecule has 1 aliphatic rings. The lowest BCUT2D eigenvalue weighted by molar-refractivity contribution is -0.132. The van der Waals surface area contributed by atoms with Crippen molar-refractivity contribution in [1.29, 1.82) is 0 Å². The van der Waals surface area contributed by atoms with E-state index in [9.17, 15) is 9.59 Å². The smallest absolute Gasteiger partial charge is 0.263 e. The Bertz CT molecular complexity index is 1310. The summed E-state index contributed by atoms with van der Waals surface area (Å²) in [5, 5.41) is 0.600. The van der Waals surface area contributed by atoms with Crippen LogP contribution in [0.2, 0.25) is 0 Å². The molecule has 1 amide bonds. The van der Waals surface area contributed by atoms with Crippen LogP contribution in [0.3, 0.4) is 0 Å². The van der Waals surface area contributed by atoms with E-state index in [-0.39, 0.29) is 18.0 Å². The van der Waals surface area contributed by atoms with Crippen LogP contribution in [0.25, 0.3) is 21.3 Å². The highest BCUT2D eigenvalue weighted by Crippen LogP contribution is 2.35. The van der Waals surface area contributed by atoms with Crippen LogP contribution in [0.15, 0.2) is 65.7 Å². The zero-order chi connectivity index (χ0) is 20.7. The topological polar surface area (TPSA) is 55.2 Å². The van der Waals surface area contributed by atoms with Crippen LogP contribution in [0.4, 0.5) is 0 Å². The molecule has 0 unspecified atom stereocenters. The molecule has 150 valence electrons. The molecule has 0 bridgehead atoms. The minimum Gasteiger partial charge on any atom is -0.336 e. The summed E-state index contributed by atoms with van der Waals surface area (Å²) in [6, 6.07) is 18.1. The van der Waals surface area contributed by atoms with Crippen LogP contribution in [-0.4, -0.2) is 26.9 Å². The number of rotatable bonds is 3. The van der Waals surface area contributed by atoms with Gasteiger partial charge in [0.1, 0.15) is 11.4 Å². The fraction of sp³-hybridized carbons (Fsp3) is 0.208. The Morgan fingerprint density at radius 3 is 2.60 bits per heavy atom. The molecule has 0 saturated carbocycles. The number of amides is 1. The second kappa shape index (κ2) is 7.54. The second-order valence-corrected chi connectivity index (χ2v) is 8.79. The van der Waals surface area contributed by atoms with Crippen molar-refractivity contribution in [1.82, 2.24) is 14.5 Å². The van der Waals surface area contributed by atoms with Gasteiger partial charge in [0, 0.05) is 23.5 Å². The first-order valence-corrected chi connectivity index (χ1v) is 10.8. The van der Waals surface area contributed by atoms with Crippen molar-refractivity contribution in [2.75, 3.05) is 6.54 Å². The van der Waals surface area contributed by atoms with Gasteiger partial charge in [0.15, 0.2) is 0 Å². The average molecular weight is 416 g/mol. The molecule has 3 heterocycles. The Morgan fingerprint density at radius 1 is 1.07 bits per heavy atom. The molecule has 0 fully saturated rings. The maximum Gasteiger partial charge on any atom is 0.263 e. The highest BCUT2D eigenvalue weighted by Gasteiger charge is 2.22. The van der Waals surface area contributed by atoms with E-state index in [0.29, 0.717) is 23.3 Å². The molecule has 5 nitrogen and oxygen atoms in total. The SMILES string of the molecule is Cc1sc2ncn(CC(=O)N3CCc4ccccc4C3)c(=O)c2c1-c1ccccc1. The van der Waals surface area contributed by atoms with Gasteiger partial charge in [0.2, 0.25) is 5.91 Å². The first-order chi connectivity index (χ1) is 14.6. The summed E-state index contributed by atoms with van der Waals surface area (Å²) in [6.45, 7) is 3.28. The molecule has 6 heteroatoms. The van der Waals surface area contributed by atoms with E-state index in [1.54, 1.807) is 0 Å². The minimum absolute atomic E-state index is 0.00701. The van der Waals surface area contributed by atoms with Crippen LogP contribution in [0, 0.1) is 6.92 Å². The average Bonchev–Trinajstić information content (AvgIpc) is 3.12. The number of aromatic nitrogens is 2. The van der Waals surface area contributed by atoms with Crippen LogP contribution >= 0.6 is 11.3 Å². The van der Waals surface area contributed by atoms with Crippen molar-refractivity contribution in [2.45, 2.75) is 26.4 Å². The fourth-order valence-electron chi connectivity index (χ4n) is 4.16. The second-order valence-electron chi connectivity index (χ2n) is 7.59. The van der Waals surface area contributed by atoms with Gasteiger partial charge in [0.25, 0.3) is 5.56 Å². The monoisotopic (exact) mass is 415 g/mol. The number of hydrogen-bond acceptors (Lipinski definition) is 4. The molecule has 2 aromatic carbocycles. The number of carbonyl (C=O) groups excluding carboxylic acids is 1. The highest BCUT2D eigenvalue weighted by molar-refractivity contribution is 7.19. The van der Waals surface area contributed by atoms with E-state index >= 15 is 0 Å². The third-order valence-electron chi connectivity index (χ3n) is 5.71. The van der Waals surface area contributed by atoms with E-state index in [1.165, 1.54) is 33.4 Å². The molecule has 0 N–H and O–H groups in total. The lowest BCUT2D eigenvalue weighted by atomic mass is 10.00. The fourth-order valence-corrected chi connectivity index (χ4v) is 5.16. The Hall–Kier alpha value is -3.25. The van der Waals surface area contributed by atoms with Gasteiger partial charge in [-0.3, -0.25) is 14.2 Å². The number of nitrogens with zero attached hydrogens (tertiary/aromatic N) is 3. The Kier molecular flexibility index (Phi) is 4.71. The van der Waals surface area contributed by atoms with Crippen LogP contribution < -0.4 is 5.56 Å². The van der Waals surface area contributed by atoms with Crippen molar-refractivity contribution in [3.63, 3.8) is 0 Å². The third kappa shape index (κ3) is 3.23. The summed E-state index contributed by atoms with van der Waals surface area (Å²) in [6.07, 6.45) is 2.35. The van der Waals surface area contributed by atoms with Gasteiger partial charge in [-0.05, 0) is 30.0 Å². The summed E-state index contributed by atoms with van der Waals surface area (Å²) in [4.78, 5) is 34.4. The van der Waals surface area contributed by atoms with E-state index in [4.69, 9.17) is 0 Å². The predicted molar refractivity (Wildman–Crippen MR) is 120 cm³/mol. The van der Waals surface area contributed by atoms with Gasteiger partial charge in [-0.15, -0.1) is 11.3 Å². The van der Waals surface area contributed by atoms with Crippen molar-refractivity contribution in [3.8, 4) is 11.1 Å². The number of carbonyl (C=O) groups is 1. The molecule has 2 aromatic heterocycles. The normalized spacial score (nSPS) is 13.4. The quantitative estimate of drug-likeness (QED) is 0.508.